The van der Waals surface area contributed by atoms with E-state index < -0.39 is 9.84 Å². The Labute approximate surface area is 170 Å². The van der Waals surface area contributed by atoms with Crippen molar-refractivity contribution in [2.24, 2.45) is 0 Å². The summed E-state index contributed by atoms with van der Waals surface area (Å²) in [6.45, 7) is 5.51. The molecule has 1 saturated heterocycles. The molecule has 0 spiro atoms. The summed E-state index contributed by atoms with van der Waals surface area (Å²) in [5.41, 5.74) is 3.57. The van der Waals surface area contributed by atoms with Gasteiger partial charge in [0.05, 0.1) is 30.2 Å². The number of rotatable bonds is 7. The molecule has 0 bridgehead atoms. The fraction of sp³-hybridized carbons (Fsp3) is 0.450. The highest BCUT2D eigenvalue weighted by Crippen LogP contribution is 2.33. The number of likely N-dealkylation sites (tertiary alicyclic amines) is 1. The highest BCUT2D eigenvalue weighted by atomic mass is 32.2. The van der Waals surface area contributed by atoms with Crippen molar-refractivity contribution < 1.29 is 13.0 Å². The number of aryl methyl sites for hydroxylation is 1. The third-order valence-corrected chi connectivity index (χ3v) is 7.12. The Morgan fingerprint density at radius 1 is 1.17 bits per heavy atom. The zero-order chi connectivity index (χ0) is 20.4. The van der Waals surface area contributed by atoms with E-state index in [1.165, 1.54) is 0 Å². The second-order valence-electron chi connectivity index (χ2n) is 7.37. The quantitative estimate of drug-likeness (QED) is 0.586. The molecule has 0 radical (unpaired) electrons. The molecule has 29 heavy (non-hydrogen) atoms. The van der Waals surface area contributed by atoms with Gasteiger partial charge >= 0.3 is 0 Å². The maximum absolute atomic E-state index is 12.6. The van der Waals surface area contributed by atoms with Crippen LogP contribution in [-0.4, -0.2) is 45.5 Å². The number of imidazole rings is 1. The molecule has 1 fully saturated rings. The van der Waals surface area contributed by atoms with E-state index in [-0.39, 0.29) is 17.0 Å². The van der Waals surface area contributed by atoms with Crippen LogP contribution in [0.2, 0.25) is 0 Å². The van der Waals surface area contributed by atoms with E-state index in [9.17, 15) is 8.42 Å². The van der Waals surface area contributed by atoms with Crippen molar-refractivity contribution in [3.05, 3.63) is 59.2 Å². The minimum atomic E-state index is -3.43. The second kappa shape index (κ2) is 8.08. The van der Waals surface area contributed by atoms with Crippen LogP contribution in [0.3, 0.4) is 0 Å². The maximum atomic E-state index is 12.6. The Kier molecular flexibility index (Phi) is 5.51. The van der Waals surface area contributed by atoms with Gasteiger partial charge in [0, 0.05) is 6.54 Å². The van der Waals surface area contributed by atoms with Crippen molar-refractivity contribution in [3.63, 3.8) is 0 Å². The molecule has 154 valence electrons. The van der Waals surface area contributed by atoms with Crippen LogP contribution < -0.4 is 0 Å². The van der Waals surface area contributed by atoms with Gasteiger partial charge in [-0.3, -0.25) is 4.90 Å². The lowest BCUT2D eigenvalue weighted by Crippen LogP contribution is -2.26. The monoisotopic (exact) mass is 415 g/mol. The minimum Gasteiger partial charge on any atom is -0.313 e. The first-order valence-corrected chi connectivity index (χ1v) is 11.5. The number of hydrogen-bond donors (Lipinski definition) is 0. The molecule has 1 unspecified atom stereocenters. The van der Waals surface area contributed by atoms with E-state index in [0.29, 0.717) is 13.1 Å². The Bertz CT molecular complexity index is 1070. The molecule has 4 rings (SSSR count). The average molecular weight is 416 g/mol. The van der Waals surface area contributed by atoms with Gasteiger partial charge in [0.2, 0.25) is 15.0 Å². The molecule has 1 aliphatic rings. The summed E-state index contributed by atoms with van der Waals surface area (Å²) < 4.78 is 32.0. The molecule has 2 aromatic heterocycles. The van der Waals surface area contributed by atoms with E-state index in [4.69, 9.17) is 4.63 Å². The summed E-state index contributed by atoms with van der Waals surface area (Å²) in [4.78, 5) is 6.60. The molecule has 1 aliphatic heterocycles. The van der Waals surface area contributed by atoms with Crippen LogP contribution in [0, 0.1) is 6.92 Å². The van der Waals surface area contributed by atoms with Crippen LogP contribution in [0.1, 0.15) is 48.5 Å². The Balaban J connectivity index is 1.67. The fourth-order valence-electron chi connectivity index (χ4n) is 3.90. The Morgan fingerprint density at radius 2 is 1.97 bits per heavy atom. The van der Waals surface area contributed by atoms with Gasteiger partial charge in [-0.1, -0.05) is 47.6 Å². The van der Waals surface area contributed by atoms with Crippen molar-refractivity contribution in [2.75, 3.05) is 12.3 Å². The molecular weight excluding hydrogens is 390 g/mol. The Morgan fingerprint density at radius 3 is 2.66 bits per heavy atom. The number of sulfone groups is 1. The van der Waals surface area contributed by atoms with Gasteiger partial charge in [-0.15, -0.1) is 0 Å². The maximum Gasteiger partial charge on any atom is 0.228 e. The molecule has 1 aromatic carbocycles. The zero-order valence-electron chi connectivity index (χ0n) is 16.7. The minimum absolute atomic E-state index is 0.0222. The average Bonchev–Trinajstić information content (AvgIpc) is 3.44. The first kappa shape index (κ1) is 19.8. The topological polar surface area (TPSA) is 94.1 Å². The van der Waals surface area contributed by atoms with E-state index in [1.807, 2.05) is 41.8 Å². The van der Waals surface area contributed by atoms with Crippen LogP contribution in [0.15, 0.2) is 46.3 Å². The number of aromatic nitrogens is 4. The normalized spacial score (nSPS) is 17.8. The lowest BCUT2D eigenvalue weighted by atomic mass is 10.1. The summed E-state index contributed by atoms with van der Waals surface area (Å²) in [6.07, 6.45) is 3.71. The summed E-state index contributed by atoms with van der Waals surface area (Å²) in [5.74, 6) is 0.0222. The number of benzene rings is 1. The molecule has 0 N–H and O–H groups in total. The van der Waals surface area contributed by atoms with Crippen LogP contribution in [-0.2, 0) is 22.9 Å². The van der Waals surface area contributed by atoms with Gasteiger partial charge in [-0.2, -0.15) is 0 Å². The molecule has 0 saturated carbocycles. The van der Waals surface area contributed by atoms with E-state index >= 15 is 0 Å². The van der Waals surface area contributed by atoms with Gasteiger partial charge in [-0.25, -0.2) is 18.0 Å². The lowest BCUT2D eigenvalue weighted by molar-refractivity contribution is 0.226. The van der Waals surface area contributed by atoms with Gasteiger partial charge in [-0.05, 0) is 31.9 Å². The highest BCUT2D eigenvalue weighted by molar-refractivity contribution is 7.91. The molecule has 0 amide bonds. The van der Waals surface area contributed by atoms with Gasteiger partial charge in [0.15, 0.2) is 0 Å². The standard InChI is InChI=1S/C20H25N5O3S/c1-3-29(26,27)20-21-12-17(25(20)13-16-8-5-4-6-9-16)14-24-11-7-10-18(24)19-15(2)22-28-23-19/h4-6,8-9,12,18H,3,7,10-11,13-14H2,1-2H3. The largest absolute Gasteiger partial charge is 0.313 e. The van der Waals surface area contributed by atoms with Crippen LogP contribution in [0.5, 0.6) is 0 Å². The molecule has 3 heterocycles. The zero-order valence-corrected chi connectivity index (χ0v) is 17.5. The predicted molar refractivity (Wildman–Crippen MR) is 107 cm³/mol. The molecule has 9 heteroatoms. The van der Waals surface area contributed by atoms with Gasteiger partial charge < -0.3 is 4.57 Å². The van der Waals surface area contributed by atoms with Crippen LogP contribution >= 0.6 is 0 Å². The Hall–Kier alpha value is -2.52. The molecular formula is C20H25N5O3S. The second-order valence-corrected chi connectivity index (χ2v) is 9.54. The van der Waals surface area contributed by atoms with Gasteiger partial charge in [0.1, 0.15) is 11.4 Å². The highest BCUT2D eigenvalue weighted by Gasteiger charge is 2.32. The van der Waals surface area contributed by atoms with E-state index in [0.717, 1.165) is 42.0 Å². The summed E-state index contributed by atoms with van der Waals surface area (Å²) in [6, 6.07) is 9.97. The summed E-state index contributed by atoms with van der Waals surface area (Å²) in [5, 5.41) is 8.14. The van der Waals surface area contributed by atoms with Crippen molar-refractivity contribution >= 4 is 9.84 Å². The van der Waals surface area contributed by atoms with Gasteiger partial charge in [0.25, 0.3) is 0 Å². The smallest absolute Gasteiger partial charge is 0.228 e. The third kappa shape index (κ3) is 3.97. The molecule has 3 aromatic rings. The summed E-state index contributed by atoms with van der Waals surface area (Å²) >= 11 is 0. The van der Waals surface area contributed by atoms with Crippen molar-refractivity contribution in [1.82, 2.24) is 24.8 Å². The SMILES string of the molecule is CCS(=O)(=O)c1ncc(CN2CCCC2c2nonc2C)n1Cc1ccccc1. The van der Waals surface area contributed by atoms with Crippen molar-refractivity contribution in [3.8, 4) is 0 Å². The van der Waals surface area contributed by atoms with Crippen LogP contribution in [0.25, 0.3) is 0 Å². The lowest BCUT2D eigenvalue weighted by Gasteiger charge is -2.23. The summed E-state index contributed by atoms with van der Waals surface area (Å²) in [7, 11) is -3.43. The van der Waals surface area contributed by atoms with E-state index in [1.54, 1.807) is 13.1 Å². The van der Waals surface area contributed by atoms with E-state index in [2.05, 4.69) is 20.2 Å². The first-order chi connectivity index (χ1) is 14.0. The number of nitrogens with zero attached hydrogens (tertiary/aromatic N) is 5. The first-order valence-electron chi connectivity index (χ1n) is 9.83. The molecule has 8 nitrogen and oxygen atoms in total. The third-order valence-electron chi connectivity index (χ3n) is 5.48. The van der Waals surface area contributed by atoms with Crippen molar-refractivity contribution in [1.29, 1.82) is 0 Å². The van der Waals surface area contributed by atoms with Crippen molar-refractivity contribution in [2.45, 2.75) is 51.0 Å². The molecule has 0 aliphatic carbocycles. The molecule has 1 atom stereocenters. The van der Waals surface area contributed by atoms with Crippen LogP contribution in [0.4, 0.5) is 0 Å². The number of hydrogen-bond acceptors (Lipinski definition) is 7. The fourth-order valence-corrected chi connectivity index (χ4v) is 4.89. The predicted octanol–water partition coefficient (Wildman–Crippen LogP) is 2.75.